The zero-order chi connectivity index (χ0) is 10.7. The molecule has 80 valence electrons. The van der Waals surface area contributed by atoms with Gasteiger partial charge in [-0.1, -0.05) is 5.10 Å². The molecule has 0 amide bonds. The minimum Gasteiger partial charge on any atom is -0.467 e. The first-order valence-corrected chi connectivity index (χ1v) is 5.01. The Bertz CT molecular complexity index is 413. The smallest absolute Gasteiger partial charge is 0.316 e. The van der Waals surface area contributed by atoms with Gasteiger partial charge in [-0.2, -0.15) is 0 Å². The van der Waals surface area contributed by atoms with Crippen molar-refractivity contribution in [1.29, 1.82) is 0 Å². The van der Waals surface area contributed by atoms with Crippen molar-refractivity contribution in [3.63, 3.8) is 0 Å². The molecule has 1 atom stereocenters. The summed E-state index contributed by atoms with van der Waals surface area (Å²) in [6, 6.07) is 4.01. The number of nitrogens with zero attached hydrogens (tertiary/aromatic N) is 2. The lowest BCUT2D eigenvalue weighted by molar-refractivity contribution is 0.475. The normalized spacial score (nSPS) is 12.7. The molecule has 0 aliphatic carbocycles. The third-order valence-corrected chi connectivity index (χ3v) is 2.12. The molecule has 0 aliphatic rings. The van der Waals surface area contributed by atoms with Crippen molar-refractivity contribution in [2.45, 2.75) is 18.8 Å². The molecular weight excluding hydrogens is 218 g/mol. The number of furan rings is 1. The number of hydrogen-bond acceptors (Lipinski definition) is 5. The second-order valence-corrected chi connectivity index (χ2v) is 3.28. The number of anilines is 1. The average Bonchev–Trinajstić information content (AvgIpc) is 2.87. The number of nitrogens with one attached hydrogen (secondary N) is 1. The fraction of sp³-hybridized carbons (Fsp3) is 0.333. The van der Waals surface area contributed by atoms with E-state index in [4.69, 9.17) is 20.4 Å². The molecule has 0 spiro atoms. The topological polar surface area (TPSA) is 64.1 Å². The van der Waals surface area contributed by atoms with Crippen LogP contribution in [0.15, 0.2) is 27.2 Å². The zero-order valence-corrected chi connectivity index (χ0v) is 8.86. The average molecular weight is 228 g/mol. The summed E-state index contributed by atoms with van der Waals surface area (Å²) < 4.78 is 10.4. The summed E-state index contributed by atoms with van der Waals surface area (Å²) in [5, 5.41) is 10.5. The maximum Gasteiger partial charge on any atom is 0.316 e. The first-order chi connectivity index (χ1) is 7.29. The molecule has 0 bridgehead atoms. The number of alkyl halides is 1. The van der Waals surface area contributed by atoms with Gasteiger partial charge in [-0.15, -0.1) is 16.7 Å². The zero-order valence-electron chi connectivity index (χ0n) is 8.11. The maximum atomic E-state index is 5.53. The van der Waals surface area contributed by atoms with E-state index in [1.165, 1.54) is 0 Å². The van der Waals surface area contributed by atoms with Crippen LogP contribution in [0.25, 0.3) is 0 Å². The lowest BCUT2D eigenvalue weighted by Crippen LogP contribution is -2.05. The molecule has 2 aromatic heterocycles. The van der Waals surface area contributed by atoms with Gasteiger partial charge in [0.2, 0.25) is 5.89 Å². The van der Waals surface area contributed by atoms with Crippen LogP contribution < -0.4 is 5.32 Å². The van der Waals surface area contributed by atoms with Crippen LogP contribution in [0.1, 0.15) is 24.6 Å². The SMILES string of the molecule is CC(Nc1nnc(CCl)o1)c1ccco1. The lowest BCUT2D eigenvalue weighted by Gasteiger charge is -2.07. The number of hydrogen-bond donors (Lipinski definition) is 1. The molecule has 1 N–H and O–H groups in total. The monoisotopic (exact) mass is 227 g/mol. The van der Waals surface area contributed by atoms with Gasteiger partial charge < -0.3 is 14.2 Å². The molecule has 2 aromatic rings. The van der Waals surface area contributed by atoms with Crippen molar-refractivity contribution in [2.75, 3.05) is 5.32 Å². The van der Waals surface area contributed by atoms with Crippen molar-refractivity contribution in [3.05, 3.63) is 30.0 Å². The molecule has 6 heteroatoms. The minimum absolute atomic E-state index is 0.0244. The van der Waals surface area contributed by atoms with Crippen molar-refractivity contribution in [1.82, 2.24) is 10.2 Å². The number of rotatable bonds is 4. The maximum absolute atomic E-state index is 5.53. The fourth-order valence-electron chi connectivity index (χ4n) is 1.16. The van der Waals surface area contributed by atoms with Gasteiger partial charge in [-0.05, 0) is 19.1 Å². The van der Waals surface area contributed by atoms with Crippen molar-refractivity contribution >= 4 is 17.6 Å². The van der Waals surface area contributed by atoms with Crippen LogP contribution in [-0.2, 0) is 5.88 Å². The van der Waals surface area contributed by atoms with Crippen molar-refractivity contribution in [3.8, 4) is 0 Å². The summed E-state index contributed by atoms with van der Waals surface area (Å²) in [6.07, 6.45) is 1.62. The van der Waals surface area contributed by atoms with Gasteiger partial charge in [0, 0.05) is 0 Å². The lowest BCUT2D eigenvalue weighted by atomic mass is 10.3. The Balaban J connectivity index is 2.02. The number of aromatic nitrogens is 2. The molecular formula is C9H10ClN3O2. The van der Waals surface area contributed by atoms with Gasteiger partial charge in [0.05, 0.1) is 12.3 Å². The van der Waals surface area contributed by atoms with Crippen LogP contribution in [0.5, 0.6) is 0 Å². The van der Waals surface area contributed by atoms with Crippen LogP contribution in [0, 0.1) is 0 Å². The molecule has 0 saturated carbocycles. The molecule has 0 saturated heterocycles. The van der Waals surface area contributed by atoms with Gasteiger partial charge in [0.1, 0.15) is 11.6 Å². The summed E-state index contributed by atoms with van der Waals surface area (Å²) in [5.74, 6) is 1.41. The number of halogens is 1. The highest BCUT2D eigenvalue weighted by Crippen LogP contribution is 2.18. The van der Waals surface area contributed by atoms with E-state index in [2.05, 4.69) is 15.5 Å². The predicted octanol–water partition coefficient (Wildman–Crippen LogP) is 2.57. The Morgan fingerprint density at radius 1 is 1.53 bits per heavy atom. The van der Waals surface area contributed by atoms with E-state index in [0.717, 1.165) is 5.76 Å². The quantitative estimate of drug-likeness (QED) is 0.814. The van der Waals surface area contributed by atoms with Gasteiger partial charge in [-0.25, -0.2) is 0 Å². The Morgan fingerprint density at radius 2 is 2.40 bits per heavy atom. The first kappa shape index (κ1) is 10.0. The molecule has 0 fully saturated rings. The largest absolute Gasteiger partial charge is 0.467 e. The highest BCUT2D eigenvalue weighted by Gasteiger charge is 2.11. The molecule has 0 radical (unpaired) electrons. The highest BCUT2D eigenvalue weighted by atomic mass is 35.5. The van der Waals surface area contributed by atoms with Crippen LogP contribution in [0.3, 0.4) is 0 Å². The second-order valence-electron chi connectivity index (χ2n) is 3.02. The standard InChI is InChI=1S/C9H10ClN3O2/c1-6(7-3-2-4-14-7)11-9-13-12-8(5-10)15-9/h2-4,6H,5H2,1H3,(H,11,13). The third kappa shape index (κ3) is 2.30. The summed E-state index contributed by atoms with van der Waals surface area (Å²) >= 11 is 5.53. The summed E-state index contributed by atoms with van der Waals surface area (Å²) in [4.78, 5) is 0. The van der Waals surface area contributed by atoms with E-state index in [9.17, 15) is 0 Å². The Kier molecular flexibility index (Phi) is 2.91. The van der Waals surface area contributed by atoms with E-state index in [1.807, 2.05) is 19.1 Å². The molecule has 15 heavy (non-hydrogen) atoms. The fourth-order valence-corrected chi connectivity index (χ4v) is 1.27. The Morgan fingerprint density at radius 3 is 3.00 bits per heavy atom. The molecule has 5 nitrogen and oxygen atoms in total. The Hall–Kier alpha value is -1.49. The summed E-state index contributed by atoms with van der Waals surface area (Å²) in [6.45, 7) is 1.93. The van der Waals surface area contributed by atoms with Gasteiger partial charge in [-0.3, -0.25) is 0 Å². The van der Waals surface area contributed by atoms with E-state index < -0.39 is 0 Å². The molecule has 0 aromatic carbocycles. The van der Waals surface area contributed by atoms with E-state index in [-0.39, 0.29) is 11.9 Å². The Labute approximate surface area is 91.4 Å². The first-order valence-electron chi connectivity index (χ1n) is 4.48. The molecule has 2 heterocycles. The van der Waals surface area contributed by atoms with Crippen LogP contribution in [0.4, 0.5) is 6.01 Å². The van der Waals surface area contributed by atoms with Crippen LogP contribution in [0.2, 0.25) is 0 Å². The highest BCUT2D eigenvalue weighted by molar-refractivity contribution is 6.16. The van der Waals surface area contributed by atoms with Gasteiger partial charge in [0.15, 0.2) is 0 Å². The van der Waals surface area contributed by atoms with Crippen molar-refractivity contribution < 1.29 is 8.83 Å². The third-order valence-electron chi connectivity index (χ3n) is 1.89. The molecule has 0 aliphatic heterocycles. The van der Waals surface area contributed by atoms with Crippen molar-refractivity contribution in [2.24, 2.45) is 0 Å². The molecule has 2 rings (SSSR count). The summed E-state index contributed by atoms with van der Waals surface area (Å²) in [7, 11) is 0. The molecule has 1 unspecified atom stereocenters. The van der Waals surface area contributed by atoms with Crippen LogP contribution in [-0.4, -0.2) is 10.2 Å². The van der Waals surface area contributed by atoms with E-state index in [0.29, 0.717) is 11.9 Å². The van der Waals surface area contributed by atoms with Crippen LogP contribution >= 0.6 is 11.6 Å². The second kappa shape index (κ2) is 4.35. The summed E-state index contributed by atoms with van der Waals surface area (Å²) in [5.41, 5.74) is 0. The minimum atomic E-state index is -0.0244. The van der Waals surface area contributed by atoms with Gasteiger partial charge in [0.25, 0.3) is 0 Å². The van der Waals surface area contributed by atoms with E-state index in [1.54, 1.807) is 6.26 Å². The van der Waals surface area contributed by atoms with E-state index >= 15 is 0 Å². The predicted molar refractivity (Wildman–Crippen MR) is 54.6 cm³/mol. The van der Waals surface area contributed by atoms with Gasteiger partial charge >= 0.3 is 6.01 Å².